The number of methoxy groups -OCH3 is 1. The summed E-state index contributed by atoms with van der Waals surface area (Å²) in [6, 6.07) is 25.4. The number of nitrogens with one attached hydrogen (secondary N) is 1. The highest BCUT2D eigenvalue weighted by Crippen LogP contribution is 2.26. The molecule has 0 aliphatic rings. The number of amides is 1. The van der Waals surface area contributed by atoms with Crippen molar-refractivity contribution in [3.8, 4) is 0 Å². The number of hydrogen-bond donors (Lipinski definition) is 2. The van der Waals surface area contributed by atoms with Gasteiger partial charge < -0.3 is 24.6 Å². The zero-order valence-corrected chi connectivity index (χ0v) is 20.8. The summed E-state index contributed by atoms with van der Waals surface area (Å²) in [5.74, 6) is -1.31. The van der Waals surface area contributed by atoms with Gasteiger partial charge in [0.25, 0.3) is 0 Å². The van der Waals surface area contributed by atoms with E-state index in [2.05, 4.69) is 5.32 Å². The fraction of sp³-hybridized carbons (Fsp3) is 0.207. The molecule has 9 heteroatoms. The number of nitrogens with zero attached hydrogens (tertiary/aromatic N) is 1. The number of hydrogen-bond acceptors (Lipinski definition) is 6. The zero-order chi connectivity index (χ0) is 27.0. The monoisotopic (exact) mass is 516 g/mol. The molecule has 0 saturated carbocycles. The number of aliphatic carboxylic acids is 1. The molecule has 0 aliphatic heterocycles. The van der Waals surface area contributed by atoms with Crippen molar-refractivity contribution < 1.29 is 33.7 Å². The van der Waals surface area contributed by atoms with Crippen LogP contribution < -0.4 is 5.32 Å². The molecule has 2 N–H and O–H groups in total. The Bertz CT molecular complexity index is 1400. The van der Waals surface area contributed by atoms with Gasteiger partial charge in [0.05, 0.1) is 12.1 Å². The normalized spacial score (nSPS) is 12.4. The number of ether oxygens (including phenoxy) is 3. The lowest BCUT2D eigenvalue weighted by Crippen LogP contribution is -2.59. The molecule has 0 bridgehead atoms. The Kier molecular flexibility index (Phi) is 8.40. The molecule has 1 amide bonds. The van der Waals surface area contributed by atoms with Crippen LogP contribution in [0.25, 0.3) is 10.9 Å². The summed E-state index contributed by atoms with van der Waals surface area (Å²) in [4.78, 5) is 38.2. The van der Waals surface area contributed by atoms with Gasteiger partial charge in [-0.2, -0.15) is 0 Å². The first-order chi connectivity index (χ1) is 18.4. The first-order valence-electron chi connectivity index (χ1n) is 11.9. The molecule has 1 heterocycles. The Hall–Kier alpha value is -4.63. The summed E-state index contributed by atoms with van der Waals surface area (Å²) in [6.45, 7) is -0.276. The van der Waals surface area contributed by atoms with Crippen LogP contribution in [0.1, 0.15) is 16.7 Å². The van der Waals surface area contributed by atoms with Gasteiger partial charge in [-0.3, -0.25) is 4.57 Å². The van der Waals surface area contributed by atoms with Crippen molar-refractivity contribution in [1.29, 1.82) is 0 Å². The number of carbonyl (C=O) groups is 3. The van der Waals surface area contributed by atoms with Gasteiger partial charge in [0.15, 0.2) is 5.54 Å². The highest BCUT2D eigenvalue weighted by atomic mass is 16.6. The second kappa shape index (κ2) is 12.1. The van der Waals surface area contributed by atoms with Gasteiger partial charge in [-0.15, -0.1) is 0 Å². The average molecular weight is 517 g/mol. The maximum atomic E-state index is 13.0. The summed E-state index contributed by atoms with van der Waals surface area (Å²) in [5, 5.41) is 13.3. The molecule has 0 fully saturated rings. The molecule has 4 rings (SSSR count). The minimum Gasteiger partial charge on any atom is -0.479 e. The van der Waals surface area contributed by atoms with Gasteiger partial charge in [0, 0.05) is 25.1 Å². The second-order valence-corrected chi connectivity index (χ2v) is 8.77. The molecule has 0 spiro atoms. The number of aromatic nitrogens is 1. The molecule has 0 unspecified atom stereocenters. The Labute approximate surface area is 219 Å². The van der Waals surface area contributed by atoms with Crippen LogP contribution in [0.15, 0.2) is 91.1 Å². The maximum absolute atomic E-state index is 13.0. The van der Waals surface area contributed by atoms with E-state index in [1.165, 1.54) is 17.9 Å². The van der Waals surface area contributed by atoms with Crippen LogP contribution in [-0.4, -0.2) is 47.1 Å². The van der Waals surface area contributed by atoms with E-state index in [9.17, 15) is 19.5 Å². The Morgan fingerprint density at radius 3 is 2.03 bits per heavy atom. The fourth-order valence-corrected chi connectivity index (χ4v) is 4.18. The molecule has 4 aromatic rings. The van der Waals surface area contributed by atoms with Gasteiger partial charge in [0.2, 0.25) is 0 Å². The second-order valence-electron chi connectivity index (χ2n) is 8.77. The van der Waals surface area contributed by atoms with Crippen LogP contribution in [-0.2, 0) is 38.6 Å². The molecule has 1 atom stereocenters. The van der Waals surface area contributed by atoms with E-state index >= 15 is 0 Å². The van der Waals surface area contributed by atoms with Crippen LogP contribution in [0.3, 0.4) is 0 Å². The third-order valence-corrected chi connectivity index (χ3v) is 6.04. The van der Waals surface area contributed by atoms with Gasteiger partial charge in [-0.25, -0.2) is 14.4 Å². The van der Waals surface area contributed by atoms with E-state index in [4.69, 9.17) is 14.2 Å². The fourth-order valence-electron chi connectivity index (χ4n) is 4.18. The lowest BCUT2D eigenvalue weighted by atomic mass is 9.91. The number of benzene rings is 3. The third kappa shape index (κ3) is 6.19. The third-order valence-electron chi connectivity index (χ3n) is 6.04. The zero-order valence-electron chi connectivity index (χ0n) is 20.8. The predicted octanol–water partition coefficient (Wildman–Crippen LogP) is 4.76. The van der Waals surface area contributed by atoms with E-state index in [1.807, 2.05) is 48.5 Å². The van der Waals surface area contributed by atoms with Crippen molar-refractivity contribution >= 4 is 29.1 Å². The van der Waals surface area contributed by atoms with Gasteiger partial charge in [-0.1, -0.05) is 78.9 Å². The molecule has 38 heavy (non-hydrogen) atoms. The number of alkyl carbamates (subject to hydrolysis) is 1. The van der Waals surface area contributed by atoms with Crippen molar-refractivity contribution in [3.05, 3.63) is 108 Å². The number of carboxylic acids is 1. The summed E-state index contributed by atoms with van der Waals surface area (Å²) < 4.78 is 17.3. The van der Waals surface area contributed by atoms with Crippen molar-refractivity contribution in [2.24, 2.45) is 0 Å². The first-order valence-corrected chi connectivity index (χ1v) is 11.9. The Morgan fingerprint density at radius 2 is 1.42 bits per heavy atom. The first kappa shape index (κ1) is 26.4. The lowest BCUT2D eigenvalue weighted by Gasteiger charge is -2.29. The highest BCUT2D eigenvalue weighted by Gasteiger charge is 2.42. The number of fused-ring (bicyclic) bond motifs is 1. The topological polar surface area (TPSA) is 116 Å². The smallest absolute Gasteiger partial charge is 0.418 e. The average Bonchev–Trinajstić information content (AvgIpc) is 3.30. The quantitative estimate of drug-likeness (QED) is 0.312. The van der Waals surface area contributed by atoms with E-state index in [0.29, 0.717) is 16.5 Å². The van der Waals surface area contributed by atoms with Gasteiger partial charge in [-0.05, 0) is 22.8 Å². The van der Waals surface area contributed by atoms with Crippen LogP contribution >= 0.6 is 0 Å². The van der Waals surface area contributed by atoms with Crippen LogP contribution in [0.4, 0.5) is 9.59 Å². The van der Waals surface area contributed by atoms with Crippen molar-refractivity contribution in [2.45, 2.75) is 25.2 Å². The molecular weight excluding hydrogens is 488 g/mol. The molecule has 9 nitrogen and oxygen atoms in total. The predicted molar refractivity (Wildman–Crippen MR) is 140 cm³/mol. The number of carboxylic acid groups (broad SMARTS) is 1. The molecule has 3 aromatic carbocycles. The minimum atomic E-state index is -1.86. The Balaban J connectivity index is 1.58. The van der Waals surface area contributed by atoms with E-state index < -0.39 is 23.7 Å². The minimum absolute atomic E-state index is 0.0259. The molecule has 196 valence electrons. The lowest BCUT2D eigenvalue weighted by molar-refractivity contribution is -0.147. The highest BCUT2D eigenvalue weighted by molar-refractivity contribution is 5.93. The van der Waals surface area contributed by atoms with E-state index in [0.717, 1.165) is 11.1 Å². The van der Waals surface area contributed by atoms with Gasteiger partial charge in [0.1, 0.15) is 13.2 Å². The molecule has 0 radical (unpaired) electrons. The number of para-hydroxylation sites is 1. The Morgan fingerprint density at radius 1 is 0.842 bits per heavy atom. The molecular formula is C29H28N2O7. The van der Waals surface area contributed by atoms with Crippen molar-refractivity contribution in [3.63, 3.8) is 0 Å². The van der Waals surface area contributed by atoms with Crippen molar-refractivity contribution in [2.75, 3.05) is 13.7 Å². The largest absolute Gasteiger partial charge is 0.479 e. The summed E-state index contributed by atoms with van der Waals surface area (Å²) >= 11 is 0. The standard InChI is InChI=1S/C29H28N2O7/c1-36-20-29(26(32)33,30-27(34)37-18-21-10-4-2-5-11-21)16-23-17-31(25-15-9-8-14-24(23)25)28(35)38-19-22-12-6-3-7-13-22/h2-15,17H,16,18-20H2,1H3,(H,30,34)(H,32,33)/t29-/m0/s1. The number of rotatable bonds is 10. The summed E-state index contributed by atoms with van der Waals surface area (Å²) in [7, 11) is 1.35. The van der Waals surface area contributed by atoms with E-state index in [1.54, 1.807) is 36.4 Å². The van der Waals surface area contributed by atoms with Crippen LogP contribution in [0.2, 0.25) is 0 Å². The molecule has 0 saturated heterocycles. The molecule has 1 aromatic heterocycles. The van der Waals surface area contributed by atoms with Crippen LogP contribution in [0, 0.1) is 0 Å². The molecule has 0 aliphatic carbocycles. The summed E-state index contributed by atoms with van der Waals surface area (Å²) in [6.07, 6.45) is -0.156. The van der Waals surface area contributed by atoms with Crippen molar-refractivity contribution in [1.82, 2.24) is 9.88 Å². The van der Waals surface area contributed by atoms with E-state index in [-0.39, 0.29) is 26.2 Å². The number of carbonyl (C=O) groups excluding carboxylic acids is 2. The maximum Gasteiger partial charge on any atom is 0.418 e. The SMILES string of the molecule is COC[C@](Cc1cn(C(=O)OCc2ccccc2)c2ccccc12)(NC(=O)OCc1ccccc1)C(=O)O. The van der Waals surface area contributed by atoms with Crippen LogP contribution in [0.5, 0.6) is 0 Å². The summed E-state index contributed by atoms with van der Waals surface area (Å²) in [5.41, 5.74) is 0.794. The van der Waals surface area contributed by atoms with Gasteiger partial charge >= 0.3 is 18.2 Å².